The molecule has 3 aromatic rings. The Hall–Kier alpha value is -2.80. The number of halogens is 1. The maximum Gasteiger partial charge on any atom is 0.336 e. The second-order valence-electron chi connectivity index (χ2n) is 5.67. The van der Waals surface area contributed by atoms with Gasteiger partial charge < -0.3 is 18.6 Å². The summed E-state index contributed by atoms with van der Waals surface area (Å²) in [5.41, 5.74) is 0.540. The molecule has 0 aliphatic heterocycles. The lowest BCUT2D eigenvalue weighted by Crippen LogP contribution is -2.11. The second-order valence-corrected chi connectivity index (χ2v) is 6.58. The molecule has 1 aromatic heterocycles. The van der Waals surface area contributed by atoms with Crippen molar-refractivity contribution in [2.24, 2.45) is 0 Å². The Morgan fingerprint density at radius 1 is 1.07 bits per heavy atom. The van der Waals surface area contributed by atoms with Gasteiger partial charge in [0.1, 0.15) is 23.7 Å². The summed E-state index contributed by atoms with van der Waals surface area (Å²) in [4.78, 5) is 23.6. The summed E-state index contributed by atoms with van der Waals surface area (Å²) in [6, 6.07) is 13.7. The van der Waals surface area contributed by atoms with Gasteiger partial charge >= 0.3 is 11.6 Å². The van der Waals surface area contributed by atoms with E-state index in [1.807, 2.05) is 6.07 Å². The molecule has 0 atom stereocenters. The minimum atomic E-state index is -0.491. The van der Waals surface area contributed by atoms with Crippen molar-refractivity contribution in [3.63, 3.8) is 0 Å². The Morgan fingerprint density at radius 3 is 2.56 bits per heavy atom. The molecule has 3 rings (SSSR count). The van der Waals surface area contributed by atoms with E-state index in [9.17, 15) is 9.59 Å². The third-order valence-corrected chi connectivity index (χ3v) is 4.31. The molecule has 0 unspecified atom stereocenters. The molecule has 0 fully saturated rings. The van der Waals surface area contributed by atoms with Crippen LogP contribution in [-0.2, 0) is 16.1 Å². The van der Waals surface area contributed by atoms with E-state index in [1.54, 1.807) is 43.5 Å². The number of benzene rings is 2. The van der Waals surface area contributed by atoms with Crippen molar-refractivity contribution >= 4 is 32.9 Å². The summed E-state index contributed by atoms with van der Waals surface area (Å²) in [6.07, 6.45) is 0.0942. The van der Waals surface area contributed by atoms with Crippen molar-refractivity contribution in [2.45, 2.75) is 13.0 Å². The summed E-state index contributed by atoms with van der Waals surface area (Å²) >= 11 is 3.33. The van der Waals surface area contributed by atoms with E-state index in [0.29, 0.717) is 16.9 Å². The topological polar surface area (TPSA) is 75.0 Å². The van der Waals surface area contributed by atoms with Crippen molar-refractivity contribution < 1.29 is 23.4 Å². The molecule has 27 heavy (non-hydrogen) atoms. The normalized spacial score (nSPS) is 10.6. The Balaban J connectivity index is 1.54. The van der Waals surface area contributed by atoms with Crippen LogP contribution in [0.15, 0.2) is 62.2 Å². The molecule has 0 aliphatic carbocycles. The molecule has 0 N–H and O–H groups in total. The molecule has 7 heteroatoms. The minimum Gasteiger partial charge on any atom is -0.497 e. The molecule has 0 amide bonds. The summed E-state index contributed by atoms with van der Waals surface area (Å²) in [6.45, 7) is 0.181. The summed E-state index contributed by atoms with van der Waals surface area (Å²) in [7, 11) is 1.59. The highest BCUT2D eigenvalue weighted by Gasteiger charge is 2.10. The number of carbonyl (C=O) groups is 1. The molecular formula is C20H17BrO6. The lowest BCUT2D eigenvalue weighted by atomic mass is 10.1. The number of rotatable bonds is 7. The fourth-order valence-corrected chi connectivity index (χ4v) is 2.82. The van der Waals surface area contributed by atoms with Crippen molar-refractivity contribution in [1.29, 1.82) is 0 Å². The third-order valence-electron chi connectivity index (χ3n) is 3.82. The van der Waals surface area contributed by atoms with Crippen LogP contribution in [0.3, 0.4) is 0 Å². The van der Waals surface area contributed by atoms with Gasteiger partial charge in [-0.15, -0.1) is 0 Å². The van der Waals surface area contributed by atoms with Gasteiger partial charge in [-0.25, -0.2) is 4.79 Å². The smallest absolute Gasteiger partial charge is 0.336 e. The maximum atomic E-state index is 12.0. The number of methoxy groups -OCH3 is 1. The zero-order chi connectivity index (χ0) is 19.2. The molecule has 2 aromatic carbocycles. The maximum absolute atomic E-state index is 12.0. The van der Waals surface area contributed by atoms with Crippen LogP contribution in [0, 0.1) is 0 Å². The molecule has 1 heterocycles. The zero-order valence-corrected chi connectivity index (χ0v) is 16.2. The van der Waals surface area contributed by atoms with Crippen LogP contribution in [0.25, 0.3) is 11.0 Å². The molecule has 0 bridgehead atoms. The molecule has 0 radical (unpaired) electrons. The molecule has 0 spiro atoms. The number of hydrogen-bond acceptors (Lipinski definition) is 6. The van der Waals surface area contributed by atoms with Crippen LogP contribution in [-0.4, -0.2) is 19.7 Å². The predicted octanol–water partition coefficient (Wildman–Crippen LogP) is 4.08. The lowest BCUT2D eigenvalue weighted by Gasteiger charge is -2.09. The predicted molar refractivity (Wildman–Crippen MR) is 103 cm³/mol. The van der Waals surface area contributed by atoms with Gasteiger partial charge in [0.2, 0.25) is 0 Å². The average molecular weight is 433 g/mol. The number of ether oxygens (including phenoxy) is 3. The van der Waals surface area contributed by atoms with Gasteiger partial charge in [0.25, 0.3) is 0 Å². The number of hydrogen-bond donors (Lipinski definition) is 0. The molecule has 6 nitrogen and oxygen atoms in total. The number of fused-ring (bicyclic) bond motifs is 1. The van der Waals surface area contributed by atoms with Gasteiger partial charge in [0.05, 0.1) is 20.1 Å². The van der Waals surface area contributed by atoms with Gasteiger partial charge in [-0.2, -0.15) is 0 Å². The van der Waals surface area contributed by atoms with E-state index in [1.165, 1.54) is 6.07 Å². The van der Waals surface area contributed by atoms with Gasteiger partial charge in [0.15, 0.2) is 0 Å². The van der Waals surface area contributed by atoms with Crippen molar-refractivity contribution in [2.75, 3.05) is 13.7 Å². The van der Waals surface area contributed by atoms with E-state index in [-0.39, 0.29) is 19.6 Å². The molecule has 0 saturated heterocycles. The molecule has 140 valence electrons. The van der Waals surface area contributed by atoms with Gasteiger partial charge in [-0.05, 0) is 42.5 Å². The highest BCUT2D eigenvalue weighted by atomic mass is 79.9. The number of carbonyl (C=O) groups excluding carboxylic acids is 1. The zero-order valence-electron chi connectivity index (χ0n) is 14.6. The Bertz CT molecular complexity index is 994. The van der Waals surface area contributed by atoms with Gasteiger partial charge in [-0.3, -0.25) is 4.79 Å². The van der Waals surface area contributed by atoms with Crippen LogP contribution >= 0.6 is 15.9 Å². The minimum absolute atomic E-state index is 0.00883. The molecular weight excluding hydrogens is 416 g/mol. The van der Waals surface area contributed by atoms with Crippen LogP contribution < -0.4 is 15.1 Å². The van der Waals surface area contributed by atoms with E-state index in [2.05, 4.69) is 15.9 Å². The molecule has 0 aliphatic rings. The van der Waals surface area contributed by atoms with Crippen LogP contribution in [0.1, 0.15) is 12.0 Å². The van der Waals surface area contributed by atoms with Gasteiger partial charge in [0, 0.05) is 21.5 Å². The van der Waals surface area contributed by atoms with Crippen LogP contribution in [0.2, 0.25) is 0 Å². The third kappa shape index (κ3) is 5.10. The highest BCUT2D eigenvalue weighted by molar-refractivity contribution is 9.10. The standard InChI is InChI=1S/C20H17BrO6/c1-24-15-3-5-16(6-4-15)25-9-8-19(22)26-12-13-10-20(23)27-18-11-14(21)2-7-17(13)18/h2-7,10-11H,8-9,12H2,1H3. The van der Waals surface area contributed by atoms with Crippen LogP contribution in [0.4, 0.5) is 0 Å². The largest absolute Gasteiger partial charge is 0.497 e. The van der Waals surface area contributed by atoms with E-state index >= 15 is 0 Å². The Morgan fingerprint density at radius 2 is 1.81 bits per heavy atom. The Kier molecular flexibility index (Phi) is 6.13. The first-order valence-electron chi connectivity index (χ1n) is 8.20. The lowest BCUT2D eigenvalue weighted by molar-refractivity contribution is -0.145. The molecule has 0 saturated carbocycles. The quantitative estimate of drug-likeness (QED) is 0.413. The van der Waals surface area contributed by atoms with E-state index < -0.39 is 11.6 Å². The summed E-state index contributed by atoms with van der Waals surface area (Å²) in [5, 5.41) is 0.722. The summed E-state index contributed by atoms with van der Waals surface area (Å²) in [5.74, 6) is 0.955. The second kappa shape index (κ2) is 8.73. The first-order chi connectivity index (χ1) is 13.0. The van der Waals surface area contributed by atoms with Crippen LogP contribution in [0.5, 0.6) is 11.5 Å². The number of esters is 1. The van der Waals surface area contributed by atoms with Crippen molar-refractivity contribution in [3.05, 3.63) is 69.0 Å². The first kappa shape index (κ1) is 19.0. The van der Waals surface area contributed by atoms with Gasteiger partial charge in [-0.1, -0.05) is 15.9 Å². The monoisotopic (exact) mass is 432 g/mol. The Labute approximate surface area is 163 Å². The average Bonchev–Trinajstić information content (AvgIpc) is 2.66. The first-order valence-corrected chi connectivity index (χ1v) is 8.99. The van der Waals surface area contributed by atoms with E-state index in [0.717, 1.165) is 15.6 Å². The fraction of sp³-hybridized carbons (Fsp3) is 0.200. The van der Waals surface area contributed by atoms with Crippen molar-refractivity contribution in [3.8, 4) is 11.5 Å². The van der Waals surface area contributed by atoms with Crippen molar-refractivity contribution in [1.82, 2.24) is 0 Å². The highest BCUT2D eigenvalue weighted by Crippen LogP contribution is 2.22. The van der Waals surface area contributed by atoms with E-state index in [4.69, 9.17) is 18.6 Å². The fourth-order valence-electron chi connectivity index (χ4n) is 2.48. The summed E-state index contributed by atoms with van der Waals surface area (Å²) < 4.78 is 21.8. The SMILES string of the molecule is COc1ccc(OCCC(=O)OCc2cc(=O)oc3cc(Br)ccc23)cc1.